The van der Waals surface area contributed by atoms with Gasteiger partial charge >= 0.3 is 0 Å². The van der Waals surface area contributed by atoms with Crippen LogP contribution in [-0.2, 0) is 6.54 Å². The van der Waals surface area contributed by atoms with Gasteiger partial charge in [0.15, 0.2) is 5.82 Å². The van der Waals surface area contributed by atoms with Crippen LogP contribution in [0.2, 0.25) is 0 Å². The Morgan fingerprint density at radius 2 is 1.79 bits per heavy atom. The van der Waals surface area contributed by atoms with Crippen LogP contribution >= 0.6 is 0 Å². The van der Waals surface area contributed by atoms with Crippen LogP contribution in [0.1, 0.15) is 19.4 Å². The lowest BCUT2D eigenvalue weighted by molar-refractivity contribution is 0.668. The monoisotopic (exact) mass is 370 g/mol. The summed E-state index contributed by atoms with van der Waals surface area (Å²) >= 11 is 0. The standard InChI is InChI=1S/C22H22N6/c1-16(2)28(15-17-8-4-3-5-9-17)20-14-24-27-22(26-20)25-19-12-6-10-18-11-7-13-23-21(18)19/h3-14,16H,15H2,1-2H3,(H,25,26,27). The fraction of sp³-hybridized carbons (Fsp3) is 0.182. The van der Waals surface area contributed by atoms with Crippen LogP contribution in [0.4, 0.5) is 17.5 Å². The van der Waals surface area contributed by atoms with Crippen LogP contribution in [0.3, 0.4) is 0 Å². The van der Waals surface area contributed by atoms with Crippen molar-refractivity contribution < 1.29 is 0 Å². The molecule has 6 nitrogen and oxygen atoms in total. The minimum absolute atomic E-state index is 0.268. The first kappa shape index (κ1) is 17.9. The average Bonchev–Trinajstić information content (AvgIpc) is 2.73. The average molecular weight is 370 g/mol. The normalized spacial score (nSPS) is 11.0. The second kappa shape index (κ2) is 8.00. The van der Waals surface area contributed by atoms with Gasteiger partial charge in [-0.15, -0.1) is 5.10 Å². The molecule has 0 atom stereocenters. The van der Waals surface area contributed by atoms with Gasteiger partial charge in [0.1, 0.15) is 0 Å². The number of pyridine rings is 1. The van der Waals surface area contributed by atoms with Gasteiger partial charge in [0.05, 0.1) is 17.4 Å². The SMILES string of the molecule is CC(C)N(Cc1ccccc1)c1cnnc(Nc2cccc3cccnc23)n1. The zero-order chi connectivity index (χ0) is 19.3. The number of benzene rings is 2. The van der Waals surface area contributed by atoms with Gasteiger partial charge in [0.2, 0.25) is 5.95 Å². The number of para-hydroxylation sites is 1. The Morgan fingerprint density at radius 3 is 2.61 bits per heavy atom. The number of rotatable bonds is 6. The van der Waals surface area contributed by atoms with E-state index in [1.54, 1.807) is 12.4 Å². The molecule has 0 fully saturated rings. The zero-order valence-electron chi connectivity index (χ0n) is 15.9. The summed E-state index contributed by atoms with van der Waals surface area (Å²) in [6.07, 6.45) is 3.48. The summed E-state index contributed by atoms with van der Waals surface area (Å²) < 4.78 is 0. The van der Waals surface area contributed by atoms with Crippen LogP contribution in [0.5, 0.6) is 0 Å². The number of nitrogens with zero attached hydrogens (tertiary/aromatic N) is 5. The molecule has 140 valence electrons. The Kier molecular flexibility index (Phi) is 5.10. The molecular formula is C22H22N6. The fourth-order valence-corrected chi connectivity index (χ4v) is 3.12. The van der Waals surface area contributed by atoms with Gasteiger partial charge in [-0.25, -0.2) is 0 Å². The molecule has 0 saturated heterocycles. The van der Waals surface area contributed by atoms with E-state index in [1.807, 2.05) is 48.5 Å². The fourth-order valence-electron chi connectivity index (χ4n) is 3.12. The lowest BCUT2D eigenvalue weighted by Crippen LogP contribution is -2.31. The predicted molar refractivity (Wildman–Crippen MR) is 113 cm³/mol. The molecule has 0 spiro atoms. The van der Waals surface area contributed by atoms with Crippen molar-refractivity contribution in [3.63, 3.8) is 0 Å². The largest absolute Gasteiger partial charge is 0.348 e. The van der Waals surface area contributed by atoms with E-state index in [0.717, 1.165) is 29.0 Å². The van der Waals surface area contributed by atoms with Crippen molar-refractivity contribution in [3.05, 3.63) is 78.6 Å². The summed E-state index contributed by atoms with van der Waals surface area (Å²) in [6, 6.07) is 20.6. The van der Waals surface area contributed by atoms with Gasteiger partial charge in [-0.1, -0.05) is 48.5 Å². The summed E-state index contributed by atoms with van der Waals surface area (Å²) in [5.41, 5.74) is 2.96. The third kappa shape index (κ3) is 3.91. The molecule has 2 heterocycles. The summed E-state index contributed by atoms with van der Waals surface area (Å²) in [4.78, 5) is 11.4. The van der Waals surface area contributed by atoms with E-state index in [0.29, 0.717) is 5.95 Å². The van der Waals surface area contributed by atoms with Crippen LogP contribution in [0.15, 0.2) is 73.1 Å². The molecule has 0 aliphatic rings. The molecule has 1 N–H and O–H groups in total. The Hall–Kier alpha value is -3.54. The maximum absolute atomic E-state index is 4.71. The minimum Gasteiger partial charge on any atom is -0.348 e. The van der Waals surface area contributed by atoms with Crippen molar-refractivity contribution in [2.24, 2.45) is 0 Å². The van der Waals surface area contributed by atoms with E-state index in [2.05, 4.69) is 51.4 Å². The highest BCUT2D eigenvalue weighted by Crippen LogP contribution is 2.24. The van der Waals surface area contributed by atoms with Crippen molar-refractivity contribution in [2.45, 2.75) is 26.4 Å². The molecule has 0 aliphatic carbocycles. The first-order valence-corrected chi connectivity index (χ1v) is 9.32. The van der Waals surface area contributed by atoms with E-state index in [9.17, 15) is 0 Å². The van der Waals surface area contributed by atoms with Crippen LogP contribution in [0, 0.1) is 0 Å². The summed E-state index contributed by atoms with van der Waals surface area (Å²) in [5.74, 6) is 1.24. The van der Waals surface area contributed by atoms with Crippen LogP contribution in [0.25, 0.3) is 10.9 Å². The van der Waals surface area contributed by atoms with Crippen LogP contribution in [-0.4, -0.2) is 26.2 Å². The molecule has 0 unspecified atom stereocenters. The van der Waals surface area contributed by atoms with E-state index in [4.69, 9.17) is 4.98 Å². The van der Waals surface area contributed by atoms with E-state index >= 15 is 0 Å². The predicted octanol–water partition coefficient (Wildman–Crippen LogP) is 4.58. The molecule has 0 aliphatic heterocycles. The topological polar surface area (TPSA) is 66.8 Å². The number of hydrogen-bond donors (Lipinski definition) is 1. The van der Waals surface area contributed by atoms with Crippen molar-refractivity contribution in [1.82, 2.24) is 20.2 Å². The maximum atomic E-state index is 4.71. The molecule has 6 heteroatoms. The maximum Gasteiger partial charge on any atom is 0.249 e. The molecule has 28 heavy (non-hydrogen) atoms. The number of anilines is 3. The van der Waals surface area contributed by atoms with Gasteiger partial charge in [0, 0.05) is 24.2 Å². The van der Waals surface area contributed by atoms with Crippen molar-refractivity contribution >= 4 is 28.4 Å². The number of aromatic nitrogens is 4. The third-order valence-corrected chi connectivity index (χ3v) is 4.54. The Balaban J connectivity index is 1.63. The number of hydrogen-bond acceptors (Lipinski definition) is 6. The van der Waals surface area contributed by atoms with E-state index in [-0.39, 0.29) is 6.04 Å². The Labute approximate surface area is 164 Å². The highest BCUT2D eigenvalue weighted by Gasteiger charge is 2.15. The molecule has 4 rings (SSSR count). The van der Waals surface area contributed by atoms with Gasteiger partial charge in [-0.05, 0) is 31.5 Å². The van der Waals surface area contributed by atoms with Crippen molar-refractivity contribution in [2.75, 3.05) is 10.2 Å². The summed E-state index contributed by atoms with van der Waals surface area (Å²) in [6.45, 7) is 5.05. The molecule has 4 aromatic rings. The van der Waals surface area contributed by atoms with E-state index < -0.39 is 0 Å². The smallest absolute Gasteiger partial charge is 0.249 e. The first-order valence-electron chi connectivity index (χ1n) is 9.32. The van der Waals surface area contributed by atoms with E-state index in [1.165, 1.54) is 5.56 Å². The Morgan fingerprint density at radius 1 is 0.964 bits per heavy atom. The quantitative estimate of drug-likeness (QED) is 0.536. The highest BCUT2D eigenvalue weighted by molar-refractivity contribution is 5.91. The van der Waals surface area contributed by atoms with Gasteiger partial charge in [0.25, 0.3) is 0 Å². The third-order valence-electron chi connectivity index (χ3n) is 4.54. The molecule has 0 amide bonds. The van der Waals surface area contributed by atoms with Crippen molar-refractivity contribution in [3.8, 4) is 0 Å². The molecule has 0 radical (unpaired) electrons. The van der Waals surface area contributed by atoms with Crippen LogP contribution < -0.4 is 10.2 Å². The molecule has 2 aromatic heterocycles. The summed E-state index contributed by atoms with van der Waals surface area (Å²) in [5, 5.41) is 12.7. The number of nitrogens with one attached hydrogen (secondary N) is 1. The second-order valence-electron chi connectivity index (χ2n) is 6.85. The highest BCUT2D eigenvalue weighted by atomic mass is 15.3. The molecular weight excluding hydrogens is 348 g/mol. The Bertz CT molecular complexity index is 1060. The minimum atomic E-state index is 0.268. The van der Waals surface area contributed by atoms with Gasteiger partial charge in [-0.3, -0.25) is 4.98 Å². The summed E-state index contributed by atoms with van der Waals surface area (Å²) in [7, 11) is 0. The lowest BCUT2D eigenvalue weighted by atomic mass is 10.2. The molecule has 0 saturated carbocycles. The van der Waals surface area contributed by atoms with Gasteiger partial charge in [-0.2, -0.15) is 10.1 Å². The lowest BCUT2D eigenvalue weighted by Gasteiger charge is -2.27. The van der Waals surface area contributed by atoms with Gasteiger partial charge < -0.3 is 10.2 Å². The first-order chi connectivity index (χ1) is 13.7. The zero-order valence-corrected chi connectivity index (χ0v) is 15.9. The van der Waals surface area contributed by atoms with Crippen molar-refractivity contribution in [1.29, 1.82) is 0 Å². The number of fused-ring (bicyclic) bond motifs is 1. The molecule has 0 bridgehead atoms. The molecule has 2 aromatic carbocycles. The second-order valence-corrected chi connectivity index (χ2v) is 6.85.